The van der Waals surface area contributed by atoms with E-state index in [-0.39, 0.29) is 0 Å². The summed E-state index contributed by atoms with van der Waals surface area (Å²) in [4.78, 5) is 4.22. The Hall–Kier alpha value is -2.08. The fourth-order valence-electron chi connectivity index (χ4n) is 2.15. The lowest BCUT2D eigenvalue weighted by Crippen LogP contribution is -2.20. The highest BCUT2D eigenvalue weighted by Crippen LogP contribution is 2.33. The van der Waals surface area contributed by atoms with Crippen LogP contribution in [-0.4, -0.2) is 19.1 Å². The topological polar surface area (TPSA) is 34.2 Å². The maximum absolute atomic E-state index is 12.8. The maximum Gasteiger partial charge on any atom is 0.416 e. The van der Waals surface area contributed by atoms with Gasteiger partial charge in [0.2, 0.25) is 0 Å². The highest BCUT2D eigenvalue weighted by molar-refractivity contribution is 5.38. The van der Waals surface area contributed by atoms with E-state index in [4.69, 9.17) is 4.74 Å². The van der Waals surface area contributed by atoms with Crippen LogP contribution in [0.2, 0.25) is 0 Å². The lowest BCUT2D eigenvalue weighted by atomic mass is 10.00. The van der Waals surface area contributed by atoms with Crippen molar-refractivity contribution in [2.75, 3.05) is 14.2 Å². The number of hydrogen-bond acceptors (Lipinski definition) is 3. The van der Waals surface area contributed by atoms with Crippen LogP contribution in [0.4, 0.5) is 13.2 Å². The summed E-state index contributed by atoms with van der Waals surface area (Å²) in [6.45, 7) is 0. The number of nitrogens with zero attached hydrogens (tertiary/aromatic N) is 1. The molecule has 0 fully saturated rings. The van der Waals surface area contributed by atoms with Gasteiger partial charge in [0.05, 0.1) is 18.7 Å². The summed E-state index contributed by atoms with van der Waals surface area (Å²) in [6.07, 6.45) is -2.79. The quantitative estimate of drug-likeness (QED) is 0.938. The zero-order valence-corrected chi connectivity index (χ0v) is 11.6. The first-order valence-electron chi connectivity index (χ1n) is 6.30. The van der Waals surface area contributed by atoms with E-state index in [9.17, 15) is 13.2 Å². The second kappa shape index (κ2) is 6.13. The highest BCUT2D eigenvalue weighted by atomic mass is 19.4. The number of pyridine rings is 1. The van der Waals surface area contributed by atoms with E-state index in [0.29, 0.717) is 17.0 Å². The van der Waals surface area contributed by atoms with E-state index in [0.717, 1.165) is 12.1 Å². The van der Waals surface area contributed by atoms with Gasteiger partial charge in [0.1, 0.15) is 11.4 Å². The van der Waals surface area contributed by atoms with Crippen molar-refractivity contribution < 1.29 is 17.9 Å². The minimum absolute atomic E-state index is 0.476. The first-order valence-corrected chi connectivity index (χ1v) is 6.30. The Morgan fingerprint density at radius 1 is 1.19 bits per heavy atom. The molecule has 0 aliphatic carbocycles. The number of aromatic nitrogens is 1. The largest absolute Gasteiger partial charge is 0.495 e. The third kappa shape index (κ3) is 3.33. The number of nitrogens with one attached hydrogen (secondary N) is 1. The zero-order valence-electron chi connectivity index (χ0n) is 11.6. The van der Waals surface area contributed by atoms with Crippen LogP contribution in [0, 0.1) is 0 Å². The molecule has 1 heterocycles. The second-order valence-corrected chi connectivity index (χ2v) is 4.44. The van der Waals surface area contributed by atoms with Crippen LogP contribution < -0.4 is 10.1 Å². The number of halogens is 3. The zero-order chi connectivity index (χ0) is 15.5. The summed E-state index contributed by atoms with van der Waals surface area (Å²) in [6, 6.07) is 8.13. The summed E-state index contributed by atoms with van der Waals surface area (Å²) < 4.78 is 43.7. The summed E-state index contributed by atoms with van der Waals surface area (Å²) in [5.74, 6) is 0.522. The van der Waals surface area contributed by atoms with Crippen LogP contribution in [0.3, 0.4) is 0 Å². The van der Waals surface area contributed by atoms with E-state index < -0.39 is 17.8 Å². The van der Waals surface area contributed by atoms with Crippen molar-refractivity contribution in [3.8, 4) is 5.75 Å². The van der Waals surface area contributed by atoms with Crippen LogP contribution in [0.15, 0.2) is 42.6 Å². The van der Waals surface area contributed by atoms with Gasteiger partial charge < -0.3 is 10.1 Å². The molecule has 1 unspecified atom stereocenters. The monoisotopic (exact) mass is 296 g/mol. The van der Waals surface area contributed by atoms with Crippen molar-refractivity contribution in [3.05, 3.63) is 59.4 Å². The predicted octanol–water partition coefficient (Wildman–Crippen LogP) is 3.42. The summed E-state index contributed by atoms with van der Waals surface area (Å²) in [5, 5.41) is 2.98. The number of benzene rings is 1. The number of ether oxygens (including phenoxy) is 1. The Bertz CT molecular complexity index is 614. The Balaban J connectivity index is 2.47. The van der Waals surface area contributed by atoms with Gasteiger partial charge in [-0.25, -0.2) is 0 Å². The molecule has 0 aliphatic heterocycles. The van der Waals surface area contributed by atoms with Crippen molar-refractivity contribution in [1.82, 2.24) is 10.3 Å². The smallest absolute Gasteiger partial charge is 0.416 e. The first-order chi connectivity index (χ1) is 9.97. The molecule has 0 saturated heterocycles. The van der Waals surface area contributed by atoms with Crippen molar-refractivity contribution in [3.63, 3.8) is 0 Å². The molecule has 2 aromatic rings. The van der Waals surface area contributed by atoms with Crippen LogP contribution >= 0.6 is 0 Å². The van der Waals surface area contributed by atoms with Gasteiger partial charge in [-0.05, 0) is 36.9 Å². The molecule has 3 nitrogen and oxygen atoms in total. The van der Waals surface area contributed by atoms with Gasteiger partial charge in [-0.15, -0.1) is 0 Å². The third-order valence-corrected chi connectivity index (χ3v) is 3.13. The molecule has 1 aromatic heterocycles. The molecule has 1 atom stereocenters. The standard InChI is InChI=1S/C15H15F3N2O/c1-19-13(14-12(21-2)7-4-8-20-14)10-5-3-6-11(9-10)15(16,17)18/h3-9,13,19H,1-2H3. The SMILES string of the molecule is CNC(c1cccc(C(F)(F)F)c1)c1ncccc1OC. The van der Waals surface area contributed by atoms with Crippen molar-refractivity contribution in [1.29, 1.82) is 0 Å². The average molecular weight is 296 g/mol. The van der Waals surface area contributed by atoms with E-state index in [1.54, 1.807) is 31.4 Å². The number of methoxy groups -OCH3 is 1. The van der Waals surface area contributed by atoms with Gasteiger partial charge >= 0.3 is 6.18 Å². The summed E-state index contributed by atoms with van der Waals surface area (Å²) in [5.41, 5.74) is 0.335. The van der Waals surface area contributed by atoms with Crippen molar-refractivity contribution in [2.24, 2.45) is 0 Å². The molecular formula is C15H15F3N2O. The molecule has 1 N–H and O–H groups in total. The van der Waals surface area contributed by atoms with Crippen molar-refractivity contribution in [2.45, 2.75) is 12.2 Å². The molecule has 0 amide bonds. The van der Waals surface area contributed by atoms with Crippen LogP contribution in [0.5, 0.6) is 5.75 Å². The third-order valence-electron chi connectivity index (χ3n) is 3.13. The lowest BCUT2D eigenvalue weighted by molar-refractivity contribution is -0.137. The molecule has 0 bridgehead atoms. The Kier molecular flexibility index (Phi) is 4.47. The average Bonchev–Trinajstić information content (AvgIpc) is 2.48. The molecule has 0 spiro atoms. The Morgan fingerprint density at radius 3 is 2.57 bits per heavy atom. The molecule has 112 valence electrons. The number of alkyl halides is 3. The van der Waals surface area contributed by atoms with E-state index in [1.807, 2.05) is 0 Å². The summed E-state index contributed by atoms with van der Waals surface area (Å²) in [7, 11) is 3.17. The minimum Gasteiger partial charge on any atom is -0.495 e. The number of rotatable bonds is 4. The van der Waals surface area contributed by atoms with Gasteiger partial charge in [-0.1, -0.05) is 12.1 Å². The fraction of sp³-hybridized carbons (Fsp3) is 0.267. The van der Waals surface area contributed by atoms with Gasteiger partial charge in [0.25, 0.3) is 0 Å². The fourth-order valence-corrected chi connectivity index (χ4v) is 2.15. The van der Waals surface area contributed by atoms with E-state index in [1.165, 1.54) is 13.2 Å². The molecule has 0 aliphatic rings. The summed E-state index contributed by atoms with van der Waals surface area (Å²) >= 11 is 0. The highest BCUT2D eigenvalue weighted by Gasteiger charge is 2.31. The van der Waals surface area contributed by atoms with E-state index in [2.05, 4.69) is 10.3 Å². The first kappa shape index (κ1) is 15.3. The second-order valence-electron chi connectivity index (χ2n) is 4.44. The maximum atomic E-state index is 12.8. The van der Waals surface area contributed by atoms with Gasteiger partial charge in [0.15, 0.2) is 0 Å². The predicted molar refractivity (Wildman–Crippen MR) is 73.1 cm³/mol. The molecule has 6 heteroatoms. The lowest BCUT2D eigenvalue weighted by Gasteiger charge is -2.19. The number of hydrogen-bond donors (Lipinski definition) is 1. The van der Waals surface area contributed by atoms with Gasteiger partial charge in [0, 0.05) is 6.20 Å². The van der Waals surface area contributed by atoms with E-state index >= 15 is 0 Å². The Labute approximate surface area is 120 Å². The molecule has 21 heavy (non-hydrogen) atoms. The normalized spacial score (nSPS) is 13.0. The van der Waals surface area contributed by atoms with Crippen molar-refractivity contribution >= 4 is 0 Å². The minimum atomic E-state index is -4.37. The van der Waals surface area contributed by atoms with Gasteiger partial charge in [-0.3, -0.25) is 4.98 Å². The van der Waals surface area contributed by atoms with Crippen LogP contribution in [0.25, 0.3) is 0 Å². The Morgan fingerprint density at radius 2 is 1.95 bits per heavy atom. The van der Waals surface area contributed by atoms with Gasteiger partial charge in [-0.2, -0.15) is 13.2 Å². The molecular weight excluding hydrogens is 281 g/mol. The molecule has 1 aromatic carbocycles. The molecule has 0 radical (unpaired) electrons. The molecule has 0 saturated carbocycles. The van der Waals surface area contributed by atoms with Crippen LogP contribution in [0.1, 0.15) is 22.9 Å². The van der Waals surface area contributed by atoms with Crippen LogP contribution in [-0.2, 0) is 6.18 Å². The molecule has 2 rings (SSSR count).